The van der Waals surface area contributed by atoms with E-state index in [1.807, 2.05) is 12.1 Å². The predicted octanol–water partition coefficient (Wildman–Crippen LogP) is 0.670. The van der Waals surface area contributed by atoms with Crippen molar-refractivity contribution in [2.24, 2.45) is 0 Å². The van der Waals surface area contributed by atoms with Gasteiger partial charge in [0.25, 0.3) is 0 Å². The van der Waals surface area contributed by atoms with Crippen LogP contribution in [0.1, 0.15) is 0 Å². The molecule has 0 aromatic heterocycles. The molecular formula is C24H25Cl2SnZr. The van der Waals surface area contributed by atoms with E-state index in [4.69, 9.17) is 0 Å². The molecule has 0 saturated carbocycles. The summed E-state index contributed by atoms with van der Waals surface area (Å²) in [5, 5.41) is 0. The molecular weight excluding hydrogens is 569 g/mol. The first-order valence-corrected chi connectivity index (χ1v) is 15.2. The van der Waals surface area contributed by atoms with Crippen molar-refractivity contribution in [1.29, 1.82) is 0 Å². The molecule has 0 N–H and O–H groups in total. The van der Waals surface area contributed by atoms with Gasteiger partial charge in [0.15, 0.2) is 0 Å². The van der Waals surface area contributed by atoms with Gasteiger partial charge in [-0.2, -0.15) is 24.3 Å². The second-order valence-corrected chi connectivity index (χ2v) is 8.95. The van der Waals surface area contributed by atoms with Crippen molar-refractivity contribution < 1.29 is 51.0 Å². The number of benzene rings is 2. The molecule has 143 valence electrons. The summed E-state index contributed by atoms with van der Waals surface area (Å²) in [6.07, 6.45) is 0. The normalized spacial score (nSPS) is 8.36. The van der Waals surface area contributed by atoms with Gasteiger partial charge >= 0.3 is 57.2 Å². The van der Waals surface area contributed by atoms with Crippen molar-refractivity contribution in [2.45, 2.75) is 9.88 Å². The van der Waals surface area contributed by atoms with Crippen molar-refractivity contribution in [3.63, 3.8) is 0 Å². The van der Waals surface area contributed by atoms with E-state index in [1.54, 1.807) is 0 Å². The molecule has 0 aliphatic heterocycles. The maximum absolute atomic E-state index is 2.32. The molecule has 0 nitrogen and oxygen atoms in total. The van der Waals surface area contributed by atoms with Gasteiger partial charge in [-0.05, 0) is 0 Å². The van der Waals surface area contributed by atoms with Crippen LogP contribution in [0.4, 0.5) is 0 Å². The number of rotatable bonds is 2. The van der Waals surface area contributed by atoms with Crippen LogP contribution >= 0.6 is 0 Å². The Bertz CT molecular complexity index is 714. The van der Waals surface area contributed by atoms with Gasteiger partial charge in [0.2, 0.25) is 0 Å². The quantitative estimate of drug-likeness (QED) is 0.237. The Balaban J connectivity index is 0. The fourth-order valence-electron chi connectivity index (χ4n) is 2.39. The minimum absolute atomic E-state index is 0. The molecule has 0 atom stereocenters. The van der Waals surface area contributed by atoms with Crippen LogP contribution in [0.25, 0.3) is 22.3 Å². The van der Waals surface area contributed by atoms with Gasteiger partial charge in [0, 0.05) is 0 Å². The van der Waals surface area contributed by atoms with Gasteiger partial charge in [0.05, 0.1) is 0 Å². The SMILES string of the molecule is [CH3][SnH][CH3].[Cl-].[Cl-].[Zr+4].c1ccc(-[c-]2cccc2)cc1.c1ccc(-[c-]2cccc2)cc1. The largest absolute Gasteiger partial charge is 4.00 e. The van der Waals surface area contributed by atoms with Crippen molar-refractivity contribution in [2.75, 3.05) is 0 Å². The number of halogens is 2. The summed E-state index contributed by atoms with van der Waals surface area (Å²) in [5.74, 6) is 0. The van der Waals surface area contributed by atoms with Crippen LogP contribution < -0.4 is 24.8 Å². The van der Waals surface area contributed by atoms with Crippen LogP contribution in [0.3, 0.4) is 0 Å². The van der Waals surface area contributed by atoms with E-state index >= 15 is 0 Å². The Hall–Kier alpha value is -0.598. The molecule has 4 rings (SSSR count). The molecule has 0 spiro atoms. The molecule has 0 heterocycles. The molecule has 28 heavy (non-hydrogen) atoms. The maximum atomic E-state index is 2.32. The summed E-state index contributed by atoms with van der Waals surface area (Å²) in [6, 6.07) is 37.5. The summed E-state index contributed by atoms with van der Waals surface area (Å²) in [5.41, 5.74) is 5.17. The Kier molecular flexibility index (Phi) is 19.5. The molecule has 1 radical (unpaired) electrons. The average Bonchev–Trinajstić information content (AvgIpc) is 3.39. The first-order valence-electron chi connectivity index (χ1n) is 8.63. The molecule has 0 aliphatic rings. The summed E-state index contributed by atoms with van der Waals surface area (Å²) in [7, 11) is 0. The molecule has 4 aromatic carbocycles. The monoisotopic (exact) mass is 593 g/mol. The Morgan fingerprint density at radius 2 is 0.750 bits per heavy atom. The van der Waals surface area contributed by atoms with E-state index in [9.17, 15) is 0 Å². The number of hydrogen-bond acceptors (Lipinski definition) is 0. The molecule has 0 aliphatic carbocycles. The van der Waals surface area contributed by atoms with E-state index < -0.39 is 0 Å². The molecule has 0 unspecified atom stereocenters. The Morgan fingerprint density at radius 1 is 0.500 bits per heavy atom. The minimum Gasteiger partial charge on any atom is -1.00 e. The molecule has 0 amide bonds. The Labute approximate surface area is 211 Å². The van der Waals surface area contributed by atoms with Crippen LogP contribution in [0.2, 0.25) is 9.88 Å². The maximum Gasteiger partial charge on any atom is 4.00 e. The van der Waals surface area contributed by atoms with Crippen LogP contribution in [-0.4, -0.2) is 21.1 Å². The zero-order valence-corrected chi connectivity index (χ0v) is 23.5. The fraction of sp³-hybridized carbons (Fsp3) is 0.0833. The van der Waals surface area contributed by atoms with Gasteiger partial charge in [-0.1, -0.05) is 47.5 Å². The molecule has 0 bridgehead atoms. The third-order valence-corrected chi connectivity index (χ3v) is 3.54. The van der Waals surface area contributed by atoms with E-state index in [2.05, 4.69) is 107 Å². The van der Waals surface area contributed by atoms with Crippen LogP contribution in [-0.2, 0) is 26.2 Å². The third kappa shape index (κ3) is 10.8. The van der Waals surface area contributed by atoms with Gasteiger partial charge in [-0.3, -0.25) is 0 Å². The average molecular weight is 594 g/mol. The first-order chi connectivity index (χ1) is 12.3. The number of hydrogen-bond donors (Lipinski definition) is 0. The third-order valence-electron chi connectivity index (χ3n) is 3.54. The van der Waals surface area contributed by atoms with E-state index in [0.29, 0.717) is 0 Å². The van der Waals surface area contributed by atoms with E-state index in [1.165, 1.54) is 22.3 Å². The Morgan fingerprint density at radius 3 is 1.00 bits per heavy atom. The second kappa shape index (κ2) is 18.4. The van der Waals surface area contributed by atoms with Crippen molar-refractivity contribution in [3.8, 4) is 22.3 Å². The van der Waals surface area contributed by atoms with Gasteiger partial charge < -0.3 is 24.8 Å². The predicted molar refractivity (Wildman–Crippen MR) is 114 cm³/mol. The standard InChI is InChI=1S/2C11H9.2CH3.2ClH.Sn.Zr.H/c2*1-2-6-10(7-3-1)11-8-4-5-9-11;;;;;;;/h2*1-9H;2*1H3;2*1H;;;/q2*-1;;;;;;+4;/p-2. The van der Waals surface area contributed by atoms with Crippen LogP contribution in [0.5, 0.6) is 0 Å². The molecule has 0 saturated heterocycles. The zero-order chi connectivity index (χ0) is 17.7. The first kappa shape index (κ1) is 29.6. The summed E-state index contributed by atoms with van der Waals surface area (Å²) < 4.78 is 0. The van der Waals surface area contributed by atoms with Gasteiger partial charge in [-0.25, -0.2) is 0 Å². The smallest absolute Gasteiger partial charge is 1.00 e. The topological polar surface area (TPSA) is 0 Å². The minimum atomic E-state index is 0. The van der Waals surface area contributed by atoms with Crippen LogP contribution in [0.15, 0.2) is 109 Å². The second-order valence-electron chi connectivity index (χ2n) is 5.66. The van der Waals surface area contributed by atoms with Gasteiger partial charge in [-0.15, -0.1) is 59.7 Å². The summed E-state index contributed by atoms with van der Waals surface area (Å²) in [6.45, 7) is 0. The fourth-order valence-corrected chi connectivity index (χ4v) is 2.39. The van der Waals surface area contributed by atoms with Crippen LogP contribution in [0, 0.1) is 0 Å². The van der Waals surface area contributed by atoms with Gasteiger partial charge in [0.1, 0.15) is 0 Å². The van der Waals surface area contributed by atoms with E-state index in [-0.39, 0.29) is 72.2 Å². The molecule has 4 aromatic rings. The van der Waals surface area contributed by atoms with Crippen molar-refractivity contribution in [3.05, 3.63) is 109 Å². The molecule has 4 heteroatoms. The van der Waals surface area contributed by atoms with E-state index in [0.717, 1.165) is 0 Å². The van der Waals surface area contributed by atoms with Crippen molar-refractivity contribution in [1.82, 2.24) is 0 Å². The zero-order valence-electron chi connectivity index (χ0n) is 16.2. The molecule has 0 fully saturated rings. The summed E-state index contributed by atoms with van der Waals surface area (Å²) in [4.78, 5) is 4.63. The van der Waals surface area contributed by atoms with Crippen molar-refractivity contribution >= 4 is 21.1 Å². The summed E-state index contributed by atoms with van der Waals surface area (Å²) >= 11 is 0.110.